The molecule has 198 valence electrons. The third kappa shape index (κ3) is 5.55. The van der Waals surface area contributed by atoms with Gasteiger partial charge >= 0.3 is 0 Å². The first kappa shape index (κ1) is 25.8. The molecule has 0 radical (unpaired) electrons. The van der Waals surface area contributed by atoms with Gasteiger partial charge in [-0.3, -0.25) is 9.59 Å². The zero-order chi connectivity index (χ0) is 27.4. The van der Waals surface area contributed by atoms with Crippen LogP contribution in [0.1, 0.15) is 34.7 Å². The fraction of sp³-hybridized carbons (Fsp3) is 0.194. The number of carbonyl (C=O) groups is 2. The predicted octanol–water partition coefficient (Wildman–Crippen LogP) is 4.99. The summed E-state index contributed by atoms with van der Waals surface area (Å²) < 4.78 is 7.81. The first-order valence-electron chi connectivity index (χ1n) is 12.7. The van der Waals surface area contributed by atoms with E-state index >= 15 is 0 Å². The van der Waals surface area contributed by atoms with Crippen LogP contribution in [0.15, 0.2) is 97.1 Å². The number of aliphatic hydroxyl groups is 1. The van der Waals surface area contributed by atoms with Gasteiger partial charge < -0.3 is 24.4 Å². The second-order valence-electron chi connectivity index (χ2n) is 9.48. The van der Waals surface area contributed by atoms with Gasteiger partial charge in [0.15, 0.2) is 0 Å². The lowest BCUT2D eigenvalue weighted by atomic mass is 9.95. The Labute approximate surface area is 226 Å². The average Bonchev–Trinajstić information content (AvgIpc) is 3.55. The Bertz CT molecular complexity index is 1490. The van der Waals surface area contributed by atoms with Crippen LogP contribution in [0.3, 0.4) is 0 Å². The zero-order valence-corrected chi connectivity index (χ0v) is 21.5. The van der Waals surface area contributed by atoms with E-state index in [0.29, 0.717) is 43.0 Å². The number of hydrogen-bond donors (Lipinski definition) is 2. The standard InChI is InChI=1S/C31H29N3O5/c1-21-5-2-3-6-24(21)19-39-26-13-9-23(10-14-26)29(36)27-28(22-7-11-25(35)12-8-22)34(31(38)30(27)37)17-4-16-33-18-15-32-20-33/h2-3,5-15,18,20,28,35-36H,4,16-17,19H2,1H3/b29-27+. The number of phenolic OH excluding ortho intramolecular Hbond substituents is 1. The minimum absolute atomic E-state index is 0.0156. The molecule has 1 aromatic heterocycles. The molecule has 0 saturated carbocycles. The largest absolute Gasteiger partial charge is 0.508 e. The Morgan fingerprint density at radius 1 is 0.974 bits per heavy atom. The van der Waals surface area contributed by atoms with Crippen molar-refractivity contribution in [2.45, 2.75) is 32.5 Å². The number of hydrogen-bond acceptors (Lipinski definition) is 6. The molecular formula is C31H29N3O5. The van der Waals surface area contributed by atoms with Crippen LogP contribution in [0.5, 0.6) is 11.5 Å². The Kier molecular flexibility index (Phi) is 7.45. The zero-order valence-electron chi connectivity index (χ0n) is 21.5. The molecule has 1 atom stereocenters. The normalized spacial score (nSPS) is 16.5. The lowest BCUT2D eigenvalue weighted by Crippen LogP contribution is -2.31. The molecule has 5 rings (SSSR count). The van der Waals surface area contributed by atoms with Gasteiger partial charge in [-0.1, -0.05) is 36.4 Å². The summed E-state index contributed by atoms with van der Waals surface area (Å²) >= 11 is 0. The number of rotatable bonds is 9. The molecule has 1 unspecified atom stereocenters. The number of carbonyl (C=O) groups excluding carboxylic acids is 2. The molecule has 1 fully saturated rings. The minimum Gasteiger partial charge on any atom is -0.508 e. The lowest BCUT2D eigenvalue weighted by Gasteiger charge is -2.25. The molecule has 1 aliphatic rings. The second-order valence-corrected chi connectivity index (χ2v) is 9.48. The van der Waals surface area contributed by atoms with Crippen molar-refractivity contribution in [3.8, 4) is 11.5 Å². The molecule has 0 aliphatic carbocycles. The van der Waals surface area contributed by atoms with Crippen LogP contribution in [0.4, 0.5) is 0 Å². The van der Waals surface area contributed by atoms with Gasteiger partial charge in [0, 0.05) is 31.0 Å². The molecule has 39 heavy (non-hydrogen) atoms. The maximum Gasteiger partial charge on any atom is 0.295 e. The molecule has 8 heteroatoms. The topological polar surface area (TPSA) is 105 Å². The molecule has 2 heterocycles. The number of phenols is 1. The summed E-state index contributed by atoms with van der Waals surface area (Å²) in [6, 6.07) is 20.3. The second kappa shape index (κ2) is 11.3. The summed E-state index contributed by atoms with van der Waals surface area (Å²) in [5.41, 5.74) is 3.25. The average molecular weight is 524 g/mol. The molecule has 2 N–H and O–H groups in total. The van der Waals surface area contributed by atoms with E-state index in [1.54, 1.807) is 48.9 Å². The number of aliphatic hydroxyl groups excluding tert-OH is 1. The molecule has 8 nitrogen and oxygen atoms in total. The molecule has 4 aromatic rings. The van der Waals surface area contributed by atoms with Crippen molar-refractivity contribution in [2.24, 2.45) is 0 Å². The van der Waals surface area contributed by atoms with Crippen molar-refractivity contribution in [3.63, 3.8) is 0 Å². The highest BCUT2D eigenvalue weighted by Gasteiger charge is 2.45. The molecular weight excluding hydrogens is 494 g/mol. The predicted molar refractivity (Wildman–Crippen MR) is 146 cm³/mol. The fourth-order valence-corrected chi connectivity index (χ4v) is 4.75. The monoisotopic (exact) mass is 523 g/mol. The summed E-state index contributed by atoms with van der Waals surface area (Å²) in [5.74, 6) is -0.984. The van der Waals surface area contributed by atoms with Crippen molar-refractivity contribution >= 4 is 17.4 Å². The fourth-order valence-electron chi connectivity index (χ4n) is 4.75. The molecule has 1 saturated heterocycles. The highest BCUT2D eigenvalue weighted by atomic mass is 16.5. The smallest absolute Gasteiger partial charge is 0.295 e. The Balaban J connectivity index is 1.41. The van der Waals surface area contributed by atoms with Crippen LogP contribution in [0, 0.1) is 6.92 Å². The van der Waals surface area contributed by atoms with Crippen LogP contribution in [-0.2, 0) is 22.7 Å². The summed E-state index contributed by atoms with van der Waals surface area (Å²) in [6.45, 7) is 3.35. The van der Waals surface area contributed by atoms with Gasteiger partial charge in [-0.2, -0.15) is 0 Å². The third-order valence-corrected chi connectivity index (χ3v) is 6.91. The molecule has 3 aromatic carbocycles. The number of Topliss-reactive ketones (excluding diaryl/α,β-unsaturated/α-hetero) is 1. The maximum absolute atomic E-state index is 13.2. The van der Waals surface area contributed by atoms with Crippen LogP contribution in [0.25, 0.3) is 5.76 Å². The first-order chi connectivity index (χ1) is 18.9. The Hall–Kier alpha value is -4.85. The highest BCUT2D eigenvalue weighted by molar-refractivity contribution is 6.46. The SMILES string of the molecule is Cc1ccccc1COc1ccc(/C(O)=C2\C(=O)C(=O)N(CCCn3ccnc3)C2c2ccc(O)cc2)cc1. The van der Waals surface area contributed by atoms with E-state index in [1.807, 2.05) is 42.0 Å². The summed E-state index contributed by atoms with van der Waals surface area (Å²) in [4.78, 5) is 31.9. The maximum atomic E-state index is 13.2. The van der Waals surface area contributed by atoms with E-state index in [9.17, 15) is 19.8 Å². The van der Waals surface area contributed by atoms with Crippen LogP contribution in [-0.4, -0.2) is 42.9 Å². The molecule has 1 amide bonds. The van der Waals surface area contributed by atoms with E-state index in [2.05, 4.69) is 4.98 Å². The van der Waals surface area contributed by atoms with Gasteiger partial charge in [0.1, 0.15) is 23.9 Å². The van der Waals surface area contributed by atoms with E-state index in [0.717, 1.165) is 11.1 Å². The van der Waals surface area contributed by atoms with Gasteiger partial charge in [0.25, 0.3) is 11.7 Å². The van der Waals surface area contributed by atoms with Crippen molar-refractivity contribution in [1.82, 2.24) is 14.5 Å². The Morgan fingerprint density at radius 2 is 1.72 bits per heavy atom. The van der Waals surface area contributed by atoms with Crippen molar-refractivity contribution in [3.05, 3.63) is 119 Å². The van der Waals surface area contributed by atoms with Crippen LogP contribution >= 0.6 is 0 Å². The number of imidazole rings is 1. The minimum atomic E-state index is -0.787. The number of ether oxygens (including phenoxy) is 1. The summed E-state index contributed by atoms with van der Waals surface area (Å²) in [7, 11) is 0. The van der Waals surface area contributed by atoms with Gasteiger partial charge in [0.2, 0.25) is 0 Å². The van der Waals surface area contributed by atoms with Crippen molar-refractivity contribution in [1.29, 1.82) is 0 Å². The Morgan fingerprint density at radius 3 is 2.41 bits per heavy atom. The number of aryl methyl sites for hydroxylation is 2. The number of benzene rings is 3. The van der Waals surface area contributed by atoms with E-state index in [4.69, 9.17) is 4.74 Å². The van der Waals surface area contributed by atoms with Crippen LogP contribution < -0.4 is 4.74 Å². The summed E-state index contributed by atoms with van der Waals surface area (Å²) in [5, 5.41) is 21.1. The summed E-state index contributed by atoms with van der Waals surface area (Å²) in [6.07, 6.45) is 5.80. The van der Waals surface area contributed by atoms with Crippen molar-refractivity contribution < 1.29 is 24.5 Å². The van der Waals surface area contributed by atoms with Gasteiger partial charge in [0.05, 0.1) is 17.9 Å². The number of likely N-dealkylation sites (tertiary alicyclic amines) is 1. The number of ketones is 1. The number of nitrogens with zero attached hydrogens (tertiary/aromatic N) is 3. The number of aromatic hydroxyl groups is 1. The number of aromatic nitrogens is 2. The van der Waals surface area contributed by atoms with Crippen molar-refractivity contribution in [2.75, 3.05) is 6.54 Å². The quantitative estimate of drug-likeness (QED) is 0.182. The van der Waals surface area contributed by atoms with E-state index < -0.39 is 17.7 Å². The van der Waals surface area contributed by atoms with E-state index in [-0.39, 0.29) is 17.1 Å². The molecule has 0 bridgehead atoms. The molecule has 1 aliphatic heterocycles. The third-order valence-electron chi connectivity index (χ3n) is 6.91. The van der Waals surface area contributed by atoms with Gasteiger partial charge in [-0.05, 0) is 66.4 Å². The first-order valence-corrected chi connectivity index (χ1v) is 12.7. The molecule has 0 spiro atoms. The van der Waals surface area contributed by atoms with Gasteiger partial charge in [-0.25, -0.2) is 4.98 Å². The van der Waals surface area contributed by atoms with Crippen LogP contribution in [0.2, 0.25) is 0 Å². The lowest BCUT2D eigenvalue weighted by molar-refractivity contribution is -0.139. The van der Waals surface area contributed by atoms with Gasteiger partial charge in [-0.15, -0.1) is 0 Å². The highest BCUT2D eigenvalue weighted by Crippen LogP contribution is 2.40. The van der Waals surface area contributed by atoms with E-state index in [1.165, 1.54) is 17.0 Å². The number of amides is 1.